The van der Waals surface area contributed by atoms with Crippen LogP contribution in [0, 0.1) is 0 Å². The van der Waals surface area contributed by atoms with Crippen molar-refractivity contribution in [2.24, 2.45) is 0 Å². The van der Waals surface area contributed by atoms with Gasteiger partial charge >= 0.3 is 0 Å². The first-order valence-corrected chi connectivity index (χ1v) is 5.85. The molecular weight excluding hydrogens is 210 g/mol. The lowest BCUT2D eigenvalue weighted by molar-refractivity contribution is 0.103. The largest absolute Gasteiger partial charge is 0.289 e. The Morgan fingerprint density at radius 3 is 2.18 bits per heavy atom. The third-order valence-electron chi connectivity index (χ3n) is 2.70. The molecule has 17 heavy (non-hydrogen) atoms. The summed E-state index contributed by atoms with van der Waals surface area (Å²) in [7, 11) is 0. The summed E-state index contributed by atoms with van der Waals surface area (Å²) in [4.78, 5) is 16.0. The van der Waals surface area contributed by atoms with Crippen LogP contribution in [0.5, 0.6) is 0 Å². The minimum absolute atomic E-state index is 0.0513. The molecule has 0 saturated heterocycles. The molecule has 1 aromatic carbocycles. The fourth-order valence-electron chi connectivity index (χ4n) is 1.78. The van der Waals surface area contributed by atoms with Crippen LogP contribution in [0.4, 0.5) is 0 Å². The first kappa shape index (κ1) is 11.5. The molecule has 0 atom stereocenters. The number of carbonyl (C=O) groups excluding carboxylic acids is 1. The maximum Gasteiger partial charge on any atom is 0.193 e. The average Bonchev–Trinajstić information content (AvgIpc) is 2.40. The molecule has 0 fully saturated rings. The highest BCUT2D eigenvalue weighted by Gasteiger charge is 2.07. The molecule has 86 valence electrons. The monoisotopic (exact) mass is 225 g/mol. The first-order chi connectivity index (χ1) is 8.31. The van der Waals surface area contributed by atoms with E-state index in [2.05, 4.69) is 11.9 Å². The zero-order chi connectivity index (χ0) is 12.1. The average molecular weight is 225 g/mol. The van der Waals surface area contributed by atoms with Gasteiger partial charge in [-0.25, -0.2) is 0 Å². The Bertz CT molecular complexity index is 488. The maximum atomic E-state index is 12.1. The van der Waals surface area contributed by atoms with E-state index in [1.54, 1.807) is 24.5 Å². The van der Waals surface area contributed by atoms with Crippen molar-refractivity contribution in [3.05, 3.63) is 65.5 Å². The number of ketones is 1. The summed E-state index contributed by atoms with van der Waals surface area (Å²) in [5, 5.41) is 0. The highest BCUT2D eigenvalue weighted by molar-refractivity contribution is 6.08. The fourth-order valence-corrected chi connectivity index (χ4v) is 1.78. The van der Waals surface area contributed by atoms with Crippen LogP contribution in [-0.4, -0.2) is 10.8 Å². The summed E-state index contributed by atoms with van der Waals surface area (Å²) in [5.74, 6) is 0.0513. The number of benzene rings is 1. The summed E-state index contributed by atoms with van der Waals surface area (Å²) in [6.07, 6.45) is 5.46. The lowest BCUT2D eigenvalue weighted by Crippen LogP contribution is -2.01. The van der Waals surface area contributed by atoms with E-state index in [1.165, 1.54) is 5.56 Å². The van der Waals surface area contributed by atoms with Crippen LogP contribution < -0.4 is 0 Å². The highest BCUT2D eigenvalue weighted by Crippen LogP contribution is 2.11. The zero-order valence-corrected chi connectivity index (χ0v) is 9.89. The van der Waals surface area contributed by atoms with E-state index < -0.39 is 0 Å². The molecule has 0 aliphatic heterocycles. The summed E-state index contributed by atoms with van der Waals surface area (Å²) in [5.41, 5.74) is 2.69. The van der Waals surface area contributed by atoms with E-state index >= 15 is 0 Å². The molecule has 1 aromatic heterocycles. The van der Waals surface area contributed by atoms with Gasteiger partial charge in [-0.15, -0.1) is 0 Å². The third-order valence-corrected chi connectivity index (χ3v) is 2.70. The number of hydrogen-bond donors (Lipinski definition) is 0. The maximum absolute atomic E-state index is 12.1. The standard InChI is InChI=1S/C15H15NO/c1-2-3-12-4-6-13(7-5-12)15(17)14-8-10-16-11-9-14/h4-11H,2-3H2,1H3. The lowest BCUT2D eigenvalue weighted by atomic mass is 10.0. The second-order valence-electron chi connectivity index (χ2n) is 4.01. The van der Waals surface area contributed by atoms with Gasteiger partial charge in [0.05, 0.1) is 0 Å². The Kier molecular flexibility index (Phi) is 3.66. The van der Waals surface area contributed by atoms with Crippen molar-refractivity contribution in [3.8, 4) is 0 Å². The van der Waals surface area contributed by atoms with E-state index in [1.807, 2.05) is 24.3 Å². The molecule has 0 spiro atoms. The molecule has 2 aromatic rings. The predicted molar refractivity (Wildman–Crippen MR) is 68.1 cm³/mol. The van der Waals surface area contributed by atoms with Crippen LogP contribution in [0.2, 0.25) is 0 Å². The van der Waals surface area contributed by atoms with E-state index in [4.69, 9.17) is 0 Å². The van der Waals surface area contributed by atoms with E-state index in [0.29, 0.717) is 5.56 Å². The van der Waals surface area contributed by atoms with Crippen molar-refractivity contribution in [1.82, 2.24) is 4.98 Å². The molecular formula is C15H15NO. The molecule has 2 rings (SSSR count). The van der Waals surface area contributed by atoms with E-state index in [9.17, 15) is 4.79 Å². The number of pyridine rings is 1. The molecule has 0 unspecified atom stereocenters. The number of aromatic nitrogens is 1. The summed E-state index contributed by atoms with van der Waals surface area (Å²) < 4.78 is 0. The van der Waals surface area contributed by atoms with E-state index in [0.717, 1.165) is 18.4 Å². The van der Waals surface area contributed by atoms with Crippen molar-refractivity contribution in [1.29, 1.82) is 0 Å². The van der Waals surface area contributed by atoms with Crippen LogP contribution in [0.1, 0.15) is 34.8 Å². The van der Waals surface area contributed by atoms with Crippen LogP contribution in [0.3, 0.4) is 0 Å². The summed E-state index contributed by atoms with van der Waals surface area (Å²) in [6.45, 7) is 2.15. The van der Waals surface area contributed by atoms with Gasteiger partial charge in [0.1, 0.15) is 0 Å². The number of nitrogens with zero attached hydrogens (tertiary/aromatic N) is 1. The molecule has 1 heterocycles. The second-order valence-corrected chi connectivity index (χ2v) is 4.01. The van der Waals surface area contributed by atoms with Gasteiger partial charge in [0, 0.05) is 23.5 Å². The molecule has 0 bridgehead atoms. The topological polar surface area (TPSA) is 30.0 Å². The smallest absolute Gasteiger partial charge is 0.193 e. The number of aryl methyl sites for hydroxylation is 1. The Hall–Kier alpha value is -1.96. The number of carbonyl (C=O) groups is 1. The fraction of sp³-hybridized carbons (Fsp3) is 0.200. The molecule has 0 N–H and O–H groups in total. The van der Waals surface area contributed by atoms with Crippen LogP contribution >= 0.6 is 0 Å². The van der Waals surface area contributed by atoms with Crippen molar-refractivity contribution in [3.63, 3.8) is 0 Å². The molecule has 0 radical (unpaired) electrons. The normalized spacial score (nSPS) is 10.2. The van der Waals surface area contributed by atoms with Gasteiger partial charge in [-0.3, -0.25) is 9.78 Å². The molecule has 0 aliphatic carbocycles. The second kappa shape index (κ2) is 5.39. The molecule has 0 aliphatic rings. The molecule has 0 amide bonds. The van der Waals surface area contributed by atoms with Crippen molar-refractivity contribution >= 4 is 5.78 Å². The van der Waals surface area contributed by atoms with Gasteiger partial charge in [0.15, 0.2) is 5.78 Å². The Balaban J connectivity index is 2.20. The minimum Gasteiger partial charge on any atom is -0.289 e. The molecule has 0 saturated carbocycles. The summed E-state index contributed by atoms with van der Waals surface area (Å²) >= 11 is 0. The van der Waals surface area contributed by atoms with Crippen LogP contribution in [-0.2, 0) is 6.42 Å². The van der Waals surface area contributed by atoms with Gasteiger partial charge in [0.25, 0.3) is 0 Å². The van der Waals surface area contributed by atoms with Crippen molar-refractivity contribution in [2.45, 2.75) is 19.8 Å². The Morgan fingerprint density at radius 2 is 1.59 bits per heavy atom. The summed E-state index contributed by atoms with van der Waals surface area (Å²) in [6, 6.07) is 11.3. The minimum atomic E-state index is 0.0513. The highest BCUT2D eigenvalue weighted by atomic mass is 16.1. The van der Waals surface area contributed by atoms with Crippen molar-refractivity contribution in [2.75, 3.05) is 0 Å². The van der Waals surface area contributed by atoms with Gasteiger partial charge in [-0.2, -0.15) is 0 Å². The van der Waals surface area contributed by atoms with Gasteiger partial charge in [-0.1, -0.05) is 37.6 Å². The lowest BCUT2D eigenvalue weighted by Gasteiger charge is -2.02. The third kappa shape index (κ3) is 2.78. The van der Waals surface area contributed by atoms with Crippen molar-refractivity contribution < 1.29 is 4.79 Å². The first-order valence-electron chi connectivity index (χ1n) is 5.85. The van der Waals surface area contributed by atoms with Gasteiger partial charge < -0.3 is 0 Å². The molecule has 2 heteroatoms. The number of rotatable bonds is 4. The molecule has 2 nitrogen and oxygen atoms in total. The quantitative estimate of drug-likeness (QED) is 0.747. The zero-order valence-electron chi connectivity index (χ0n) is 9.89. The van der Waals surface area contributed by atoms with Crippen LogP contribution in [0.15, 0.2) is 48.8 Å². The van der Waals surface area contributed by atoms with E-state index in [-0.39, 0.29) is 5.78 Å². The number of hydrogen-bond acceptors (Lipinski definition) is 2. The Labute approximate surface area is 101 Å². The SMILES string of the molecule is CCCc1ccc(C(=O)c2ccncc2)cc1. The van der Waals surface area contributed by atoms with Gasteiger partial charge in [0.2, 0.25) is 0 Å². The van der Waals surface area contributed by atoms with Crippen LogP contribution in [0.25, 0.3) is 0 Å². The predicted octanol–water partition coefficient (Wildman–Crippen LogP) is 3.27. The van der Waals surface area contributed by atoms with Gasteiger partial charge in [-0.05, 0) is 24.1 Å². The Morgan fingerprint density at radius 1 is 1.00 bits per heavy atom.